The maximum Gasteiger partial charge on any atom is 0.231 e. The molecule has 0 saturated carbocycles. The largest absolute Gasteiger partial charge is 0.454 e. The first kappa shape index (κ1) is 19.2. The molecule has 0 saturated heterocycles. The van der Waals surface area contributed by atoms with Gasteiger partial charge in [0.2, 0.25) is 12.7 Å². The van der Waals surface area contributed by atoms with Crippen LogP contribution in [0.3, 0.4) is 0 Å². The second kappa shape index (κ2) is 8.55. The number of imidazole rings is 1. The molecule has 152 valence electrons. The predicted molar refractivity (Wildman–Crippen MR) is 120 cm³/mol. The summed E-state index contributed by atoms with van der Waals surface area (Å²) in [6, 6.07) is 13.8. The molecule has 0 atom stereocenters. The van der Waals surface area contributed by atoms with Gasteiger partial charge >= 0.3 is 0 Å². The average Bonchev–Trinajstić information content (AvgIpc) is 3.55. The van der Waals surface area contributed by atoms with Crippen LogP contribution >= 0.6 is 34.4 Å². The van der Waals surface area contributed by atoms with E-state index in [9.17, 15) is 4.79 Å². The molecule has 5 rings (SSSR count). The first-order chi connectivity index (χ1) is 14.8. The number of thiophene rings is 2. The SMILES string of the molecule is O=C(CSc1nc(-c2cccs2)c(-c2cccs2)[nH]1)NCc1ccc2c(c1)OCO2. The Balaban J connectivity index is 1.23. The zero-order chi connectivity index (χ0) is 20.3. The van der Waals surface area contributed by atoms with Gasteiger partial charge in [-0.25, -0.2) is 4.98 Å². The number of hydrogen-bond acceptors (Lipinski definition) is 7. The summed E-state index contributed by atoms with van der Waals surface area (Å²) in [4.78, 5) is 22.7. The number of rotatable bonds is 7. The topological polar surface area (TPSA) is 76.2 Å². The lowest BCUT2D eigenvalue weighted by molar-refractivity contribution is -0.118. The van der Waals surface area contributed by atoms with Gasteiger partial charge in [0.15, 0.2) is 16.7 Å². The number of thioether (sulfide) groups is 1. The van der Waals surface area contributed by atoms with E-state index < -0.39 is 0 Å². The van der Waals surface area contributed by atoms with Crippen LogP contribution in [0.15, 0.2) is 58.4 Å². The maximum atomic E-state index is 12.3. The number of hydrogen-bond donors (Lipinski definition) is 2. The first-order valence-electron chi connectivity index (χ1n) is 9.22. The summed E-state index contributed by atoms with van der Waals surface area (Å²) < 4.78 is 10.7. The van der Waals surface area contributed by atoms with Crippen molar-refractivity contribution in [2.75, 3.05) is 12.5 Å². The van der Waals surface area contributed by atoms with Gasteiger partial charge in [-0.3, -0.25) is 4.79 Å². The van der Waals surface area contributed by atoms with Gasteiger partial charge in [0, 0.05) is 6.54 Å². The van der Waals surface area contributed by atoms with Gasteiger partial charge in [-0.05, 0) is 40.6 Å². The van der Waals surface area contributed by atoms with Crippen LogP contribution in [0.2, 0.25) is 0 Å². The number of aromatic nitrogens is 2. The van der Waals surface area contributed by atoms with Crippen molar-refractivity contribution in [3.63, 3.8) is 0 Å². The molecule has 4 heterocycles. The molecule has 0 unspecified atom stereocenters. The molecule has 0 aliphatic carbocycles. The molecule has 1 aliphatic heterocycles. The van der Waals surface area contributed by atoms with E-state index in [1.807, 2.05) is 41.1 Å². The van der Waals surface area contributed by atoms with E-state index >= 15 is 0 Å². The monoisotopic (exact) mass is 455 g/mol. The quantitative estimate of drug-likeness (QED) is 0.383. The first-order valence-corrected chi connectivity index (χ1v) is 12.0. The molecule has 0 fully saturated rings. The van der Waals surface area contributed by atoms with E-state index in [2.05, 4.69) is 22.4 Å². The van der Waals surface area contributed by atoms with Crippen molar-refractivity contribution >= 4 is 40.3 Å². The Labute approximate surface area is 185 Å². The minimum atomic E-state index is -0.0515. The summed E-state index contributed by atoms with van der Waals surface area (Å²) in [6.45, 7) is 0.681. The van der Waals surface area contributed by atoms with Crippen molar-refractivity contribution < 1.29 is 14.3 Å². The van der Waals surface area contributed by atoms with Crippen LogP contribution in [0.1, 0.15) is 5.56 Å². The zero-order valence-corrected chi connectivity index (χ0v) is 18.2. The minimum Gasteiger partial charge on any atom is -0.454 e. The van der Waals surface area contributed by atoms with Gasteiger partial charge in [-0.1, -0.05) is 30.0 Å². The summed E-state index contributed by atoms with van der Waals surface area (Å²) in [7, 11) is 0. The van der Waals surface area contributed by atoms with Gasteiger partial charge < -0.3 is 19.8 Å². The van der Waals surface area contributed by atoms with Crippen LogP contribution in [0.5, 0.6) is 11.5 Å². The molecular formula is C21H17N3O3S3. The standard InChI is InChI=1S/C21H17N3O3S3/c25-18(22-10-13-5-6-14-15(9-13)27-12-26-14)11-30-21-23-19(16-3-1-7-28-16)20(24-21)17-4-2-8-29-17/h1-9H,10-12H2,(H,22,25)(H,23,24). The highest BCUT2D eigenvalue weighted by molar-refractivity contribution is 7.99. The molecule has 4 aromatic rings. The summed E-state index contributed by atoms with van der Waals surface area (Å²) in [6.07, 6.45) is 0. The molecule has 3 aromatic heterocycles. The molecule has 2 N–H and O–H groups in total. The fourth-order valence-corrected chi connectivity index (χ4v) is 5.19. The fraction of sp³-hybridized carbons (Fsp3) is 0.143. The number of nitrogens with one attached hydrogen (secondary N) is 2. The van der Waals surface area contributed by atoms with Gasteiger partial charge in [0.1, 0.15) is 5.69 Å². The Kier molecular flexibility index (Phi) is 5.48. The number of ether oxygens (including phenoxy) is 2. The van der Waals surface area contributed by atoms with Crippen molar-refractivity contribution in [3.05, 3.63) is 58.8 Å². The van der Waals surface area contributed by atoms with Gasteiger partial charge in [0.25, 0.3) is 0 Å². The van der Waals surface area contributed by atoms with Gasteiger partial charge in [0.05, 0.1) is 21.2 Å². The number of aromatic amines is 1. The fourth-order valence-electron chi connectivity index (χ4n) is 3.05. The maximum absolute atomic E-state index is 12.3. The van der Waals surface area contributed by atoms with E-state index in [1.54, 1.807) is 22.7 Å². The highest BCUT2D eigenvalue weighted by Crippen LogP contribution is 2.37. The lowest BCUT2D eigenvalue weighted by Gasteiger charge is -2.05. The Hall–Kier alpha value is -2.75. The third-order valence-electron chi connectivity index (χ3n) is 4.47. The van der Waals surface area contributed by atoms with Crippen LogP contribution in [0, 0.1) is 0 Å². The van der Waals surface area contributed by atoms with E-state index in [-0.39, 0.29) is 18.5 Å². The summed E-state index contributed by atoms with van der Waals surface area (Å²) in [5.74, 6) is 1.69. The van der Waals surface area contributed by atoms with E-state index in [4.69, 9.17) is 14.5 Å². The smallest absolute Gasteiger partial charge is 0.231 e. The Morgan fingerprint density at radius 1 is 1.10 bits per heavy atom. The second-order valence-electron chi connectivity index (χ2n) is 6.47. The molecule has 30 heavy (non-hydrogen) atoms. The van der Waals surface area contributed by atoms with Crippen LogP contribution in [0.4, 0.5) is 0 Å². The number of benzene rings is 1. The van der Waals surface area contributed by atoms with Crippen molar-refractivity contribution in [1.82, 2.24) is 15.3 Å². The number of H-pyrrole nitrogens is 1. The predicted octanol–water partition coefficient (Wildman–Crippen LogP) is 5.00. The molecule has 1 aliphatic rings. The Morgan fingerprint density at radius 3 is 2.70 bits per heavy atom. The van der Waals surface area contributed by atoms with Crippen LogP contribution in [0.25, 0.3) is 21.1 Å². The van der Waals surface area contributed by atoms with Gasteiger partial charge in [-0.2, -0.15) is 0 Å². The van der Waals surface area contributed by atoms with Crippen molar-refractivity contribution in [2.45, 2.75) is 11.7 Å². The third-order valence-corrected chi connectivity index (χ3v) is 7.11. The number of amides is 1. The molecule has 9 heteroatoms. The number of carbonyl (C=O) groups excluding carboxylic acids is 1. The summed E-state index contributed by atoms with van der Waals surface area (Å²) in [5.41, 5.74) is 2.89. The molecule has 0 spiro atoms. The van der Waals surface area contributed by atoms with Gasteiger partial charge in [-0.15, -0.1) is 22.7 Å². The minimum absolute atomic E-state index is 0.0515. The molecule has 1 amide bonds. The second-order valence-corrected chi connectivity index (χ2v) is 9.33. The molecule has 1 aromatic carbocycles. The lowest BCUT2D eigenvalue weighted by Crippen LogP contribution is -2.24. The molecule has 0 bridgehead atoms. The van der Waals surface area contributed by atoms with Crippen molar-refractivity contribution in [3.8, 4) is 32.6 Å². The van der Waals surface area contributed by atoms with Crippen LogP contribution in [-0.2, 0) is 11.3 Å². The highest BCUT2D eigenvalue weighted by Gasteiger charge is 2.17. The third kappa shape index (κ3) is 4.09. The number of fused-ring (bicyclic) bond motifs is 1. The molecule has 0 radical (unpaired) electrons. The number of carbonyl (C=O) groups is 1. The van der Waals surface area contributed by atoms with Crippen molar-refractivity contribution in [2.24, 2.45) is 0 Å². The zero-order valence-electron chi connectivity index (χ0n) is 15.7. The normalized spacial score (nSPS) is 12.3. The summed E-state index contributed by atoms with van der Waals surface area (Å²) >= 11 is 4.72. The summed E-state index contributed by atoms with van der Waals surface area (Å²) in [5, 5.41) is 7.77. The van der Waals surface area contributed by atoms with Crippen LogP contribution in [-0.4, -0.2) is 28.4 Å². The number of nitrogens with zero attached hydrogens (tertiary/aromatic N) is 1. The van der Waals surface area contributed by atoms with E-state index in [0.717, 1.165) is 37.6 Å². The lowest BCUT2D eigenvalue weighted by atomic mass is 10.2. The molecular weight excluding hydrogens is 438 g/mol. The average molecular weight is 456 g/mol. The van der Waals surface area contributed by atoms with Crippen molar-refractivity contribution in [1.29, 1.82) is 0 Å². The van der Waals surface area contributed by atoms with E-state index in [0.29, 0.717) is 12.3 Å². The Morgan fingerprint density at radius 2 is 1.90 bits per heavy atom. The van der Waals surface area contributed by atoms with E-state index in [1.165, 1.54) is 11.8 Å². The Bertz CT molecular complexity index is 1100. The highest BCUT2D eigenvalue weighted by atomic mass is 32.2. The van der Waals surface area contributed by atoms with Crippen LogP contribution < -0.4 is 14.8 Å². The molecule has 6 nitrogen and oxygen atoms in total.